The Hall–Kier alpha value is -1.10. The van der Waals surface area contributed by atoms with Gasteiger partial charge in [0.2, 0.25) is 11.8 Å². The van der Waals surface area contributed by atoms with Crippen LogP contribution in [-0.4, -0.2) is 61.0 Å². The highest BCUT2D eigenvalue weighted by Crippen LogP contribution is 2.19. The quantitative estimate of drug-likeness (QED) is 0.772. The number of ether oxygens (including phenoxy) is 1. The van der Waals surface area contributed by atoms with E-state index in [2.05, 4.69) is 0 Å². The third-order valence-electron chi connectivity index (χ3n) is 3.27. The molecule has 0 aromatic heterocycles. The molecular formula is C14H26N2O3. The van der Waals surface area contributed by atoms with Crippen molar-refractivity contribution < 1.29 is 14.3 Å². The summed E-state index contributed by atoms with van der Waals surface area (Å²) in [7, 11) is 3.55. The summed E-state index contributed by atoms with van der Waals surface area (Å²) in [4.78, 5) is 27.2. The number of hydrogen-bond acceptors (Lipinski definition) is 3. The summed E-state index contributed by atoms with van der Waals surface area (Å²) >= 11 is 0. The molecule has 0 saturated carbocycles. The van der Waals surface area contributed by atoms with E-state index in [1.165, 1.54) is 0 Å². The number of carbonyl (C=O) groups is 2. The Kier molecular flexibility index (Phi) is 5.35. The first kappa shape index (κ1) is 16.0. The van der Waals surface area contributed by atoms with Gasteiger partial charge in [-0.1, -0.05) is 0 Å². The van der Waals surface area contributed by atoms with Crippen molar-refractivity contribution in [2.24, 2.45) is 5.92 Å². The predicted molar refractivity (Wildman–Crippen MR) is 73.7 cm³/mol. The Morgan fingerprint density at radius 2 is 1.74 bits per heavy atom. The summed E-state index contributed by atoms with van der Waals surface area (Å²) < 4.78 is 5.49. The van der Waals surface area contributed by atoms with Crippen LogP contribution < -0.4 is 0 Å². The van der Waals surface area contributed by atoms with Gasteiger partial charge in [-0.05, 0) is 33.6 Å². The number of rotatable bonds is 3. The SMILES string of the molecule is CN(C)C(=O)C1CCN(C(=O)COC(C)(C)C)CC1. The molecule has 0 atom stereocenters. The topological polar surface area (TPSA) is 49.9 Å². The molecule has 5 heteroatoms. The molecule has 0 aromatic carbocycles. The number of piperidine rings is 1. The fourth-order valence-corrected chi connectivity index (χ4v) is 2.11. The molecule has 1 fully saturated rings. The molecule has 0 aliphatic carbocycles. The predicted octanol–water partition coefficient (Wildman–Crippen LogP) is 1.13. The van der Waals surface area contributed by atoms with Crippen molar-refractivity contribution in [3.8, 4) is 0 Å². The zero-order valence-corrected chi connectivity index (χ0v) is 12.7. The lowest BCUT2D eigenvalue weighted by Crippen LogP contribution is -2.44. The van der Waals surface area contributed by atoms with E-state index >= 15 is 0 Å². The third kappa shape index (κ3) is 5.19. The van der Waals surface area contributed by atoms with Gasteiger partial charge in [0, 0.05) is 33.1 Å². The van der Waals surface area contributed by atoms with E-state index in [9.17, 15) is 9.59 Å². The monoisotopic (exact) mass is 270 g/mol. The molecule has 2 amide bonds. The maximum Gasteiger partial charge on any atom is 0.248 e. The molecule has 1 saturated heterocycles. The third-order valence-corrected chi connectivity index (χ3v) is 3.27. The van der Waals surface area contributed by atoms with Gasteiger partial charge in [-0.15, -0.1) is 0 Å². The first-order valence-corrected chi connectivity index (χ1v) is 6.83. The van der Waals surface area contributed by atoms with Crippen molar-refractivity contribution in [3.63, 3.8) is 0 Å². The summed E-state index contributed by atoms with van der Waals surface area (Å²) in [5, 5.41) is 0. The molecule has 0 radical (unpaired) electrons. The van der Waals surface area contributed by atoms with E-state index in [0.29, 0.717) is 13.1 Å². The number of hydrogen-bond donors (Lipinski definition) is 0. The van der Waals surface area contributed by atoms with E-state index in [1.54, 1.807) is 23.9 Å². The van der Waals surface area contributed by atoms with Crippen LogP contribution in [0.2, 0.25) is 0 Å². The number of amides is 2. The summed E-state index contributed by atoms with van der Waals surface area (Å²) in [5.74, 6) is 0.242. The van der Waals surface area contributed by atoms with Crippen molar-refractivity contribution in [1.29, 1.82) is 0 Å². The smallest absolute Gasteiger partial charge is 0.248 e. The van der Waals surface area contributed by atoms with Gasteiger partial charge in [-0.25, -0.2) is 0 Å². The van der Waals surface area contributed by atoms with Crippen molar-refractivity contribution in [3.05, 3.63) is 0 Å². The van der Waals surface area contributed by atoms with Crippen LogP contribution >= 0.6 is 0 Å². The second kappa shape index (κ2) is 6.37. The second-order valence-electron chi connectivity index (χ2n) is 6.29. The van der Waals surface area contributed by atoms with Crippen molar-refractivity contribution >= 4 is 11.8 Å². The van der Waals surface area contributed by atoms with Gasteiger partial charge in [0.1, 0.15) is 6.61 Å². The van der Waals surface area contributed by atoms with Crippen LogP contribution in [0.25, 0.3) is 0 Å². The minimum absolute atomic E-state index is 0.0191. The lowest BCUT2D eigenvalue weighted by atomic mass is 9.95. The lowest BCUT2D eigenvalue weighted by Gasteiger charge is -2.33. The summed E-state index contributed by atoms with van der Waals surface area (Å²) in [6.45, 7) is 7.22. The molecule has 1 aliphatic rings. The Labute approximate surface area is 115 Å². The van der Waals surface area contributed by atoms with E-state index in [0.717, 1.165) is 12.8 Å². The minimum atomic E-state index is -0.297. The molecule has 0 unspecified atom stereocenters. The Balaban J connectivity index is 2.37. The van der Waals surface area contributed by atoms with Crippen LogP contribution in [0.15, 0.2) is 0 Å². The fourth-order valence-electron chi connectivity index (χ4n) is 2.11. The first-order chi connectivity index (χ1) is 8.70. The molecule has 1 heterocycles. The van der Waals surface area contributed by atoms with Gasteiger partial charge in [-0.2, -0.15) is 0 Å². The van der Waals surface area contributed by atoms with Crippen LogP contribution in [-0.2, 0) is 14.3 Å². The van der Waals surface area contributed by atoms with Gasteiger partial charge in [0.25, 0.3) is 0 Å². The fraction of sp³-hybridized carbons (Fsp3) is 0.857. The second-order valence-corrected chi connectivity index (χ2v) is 6.29. The van der Waals surface area contributed by atoms with Gasteiger partial charge < -0.3 is 14.5 Å². The normalized spacial score (nSPS) is 17.4. The number of likely N-dealkylation sites (tertiary alicyclic amines) is 1. The lowest BCUT2D eigenvalue weighted by molar-refractivity contribution is -0.145. The standard InChI is InChI=1S/C14H26N2O3/c1-14(2,3)19-10-12(17)16-8-6-11(7-9-16)13(18)15(4)5/h11H,6-10H2,1-5H3. The molecule has 0 N–H and O–H groups in total. The zero-order valence-electron chi connectivity index (χ0n) is 12.7. The zero-order chi connectivity index (χ0) is 14.6. The summed E-state index contributed by atoms with van der Waals surface area (Å²) in [6.07, 6.45) is 1.50. The van der Waals surface area contributed by atoms with Gasteiger partial charge in [0.05, 0.1) is 5.60 Å². The molecule has 0 aromatic rings. The average Bonchev–Trinajstić information content (AvgIpc) is 2.34. The van der Waals surface area contributed by atoms with Gasteiger partial charge in [0.15, 0.2) is 0 Å². The Morgan fingerprint density at radius 1 is 1.21 bits per heavy atom. The molecule has 1 rings (SSSR count). The largest absolute Gasteiger partial charge is 0.366 e. The average molecular weight is 270 g/mol. The first-order valence-electron chi connectivity index (χ1n) is 6.83. The van der Waals surface area contributed by atoms with Crippen molar-refractivity contribution in [1.82, 2.24) is 9.80 Å². The Morgan fingerprint density at radius 3 is 2.16 bits per heavy atom. The van der Waals surface area contributed by atoms with Crippen molar-refractivity contribution in [2.45, 2.75) is 39.2 Å². The summed E-state index contributed by atoms with van der Waals surface area (Å²) in [5.41, 5.74) is -0.297. The molecule has 1 aliphatic heterocycles. The van der Waals surface area contributed by atoms with Gasteiger partial charge >= 0.3 is 0 Å². The summed E-state index contributed by atoms with van der Waals surface area (Å²) in [6, 6.07) is 0. The van der Waals surface area contributed by atoms with E-state index in [4.69, 9.17) is 4.74 Å². The number of carbonyl (C=O) groups excluding carboxylic acids is 2. The number of nitrogens with zero attached hydrogens (tertiary/aromatic N) is 2. The van der Waals surface area contributed by atoms with E-state index in [1.807, 2.05) is 20.8 Å². The molecule has 19 heavy (non-hydrogen) atoms. The van der Waals surface area contributed by atoms with E-state index < -0.39 is 0 Å². The molecule has 5 nitrogen and oxygen atoms in total. The maximum atomic E-state index is 12.0. The van der Waals surface area contributed by atoms with Crippen LogP contribution in [0.4, 0.5) is 0 Å². The highest BCUT2D eigenvalue weighted by Gasteiger charge is 2.28. The van der Waals surface area contributed by atoms with E-state index in [-0.39, 0.29) is 29.9 Å². The molecular weight excluding hydrogens is 244 g/mol. The van der Waals surface area contributed by atoms with Gasteiger partial charge in [-0.3, -0.25) is 9.59 Å². The maximum absolute atomic E-state index is 12.0. The molecule has 0 bridgehead atoms. The minimum Gasteiger partial charge on any atom is -0.366 e. The highest BCUT2D eigenvalue weighted by atomic mass is 16.5. The van der Waals surface area contributed by atoms with Crippen LogP contribution in [0.3, 0.4) is 0 Å². The van der Waals surface area contributed by atoms with Crippen molar-refractivity contribution in [2.75, 3.05) is 33.8 Å². The highest BCUT2D eigenvalue weighted by molar-refractivity contribution is 5.80. The van der Waals surface area contributed by atoms with Crippen LogP contribution in [0.5, 0.6) is 0 Å². The Bertz CT molecular complexity index is 326. The van der Waals surface area contributed by atoms with Crippen LogP contribution in [0.1, 0.15) is 33.6 Å². The molecule has 110 valence electrons. The van der Waals surface area contributed by atoms with Crippen LogP contribution in [0, 0.1) is 5.92 Å². The molecule has 0 spiro atoms.